The number of carboxylic acids is 2. The molecule has 1 aliphatic heterocycles. The quantitative estimate of drug-likeness (QED) is 0.619. The number of hydrogen-bond donors (Lipinski definition) is 2. The molecule has 3 rings (SSSR count). The number of carboxylic acid groups (broad SMARTS) is 2. The second-order valence-electron chi connectivity index (χ2n) is 7.11. The summed E-state index contributed by atoms with van der Waals surface area (Å²) in [5, 5.41) is 28.6. The summed E-state index contributed by atoms with van der Waals surface area (Å²) < 4.78 is 2.67. The highest BCUT2D eigenvalue weighted by Crippen LogP contribution is 2.33. The molecular formula is C20H23BrN4O4. The summed E-state index contributed by atoms with van der Waals surface area (Å²) in [6, 6.07) is 6.98. The maximum atomic E-state index is 12.2. The van der Waals surface area contributed by atoms with Crippen LogP contribution in [0.3, 0.4) is 0 Å². The third-order valence-corrected chi connectivity index (χ3v) is 5.78. The molecule has 0 amide bonds. The standard InChI is InChI=1S/C20H23BrN4O4/c21-14-2-3-15-16(13-25(17(15)12-14)7-4-18(26)27)19(20(28)29)24-10-8-23(9-11-24)6-1-5-22/h2-3,12-13,19H,1,4,6-11H2,(H,26,27)(H,28,29)/t19-/m1/s1. The zero-order valence-corrected chi connectivity index (χ0v) is 17.5. The van der Waals surface area contributed by atoms with Crippen LogP contribution in [-0.2, 0) is 16.1 Å². The number of aliphatic carboxylic acids is 2. The smallest absolute Gasteiger partial charge is 0.325 e. The molecule has 2 N–H and O–H groups in total. The van der Waals surface area contributed by atoms with Gasteiger partial charge in [-0.05, 0) is 12.1 Å². The average molecular weight is 463 g/mol. The molecule has 1 atom stereocenters. The summed E-state index contributed by atoms with van der Waals surface area (Å²) >= 11 is 3.44. The highest BCUT2D eigenvalue weighted by molar-refractivity contribution is 9.10. The maximum Gasteiger partial charge on any atom is 0.325 e. The Morgan fingerprint density at radius 3 is 2.52 bits per heavy atom. The number of benzene rings is 1. The average Bonchev–Trinajstić information content (AvgIpc) is 3.03. The first-order chi connectivity index (χ1) is 13.9. The van der Waals surface area contributed by atoms with Gasteiger partial charge in [0.2, 0.25) is 0 Å². The third kappa shape index (κ3) is 4.96. The van der Waals surface area contributed by atoms with E-state index in [1.165, 1.54) is 0 Å². The van der Waals surface area contributed by atoms with Gasteiger partial charge in [0.25, 0.3) is 0 Å². The molecule has 0 bridgehead atoms. The van der Waals surface area contributed by atoms with Crippen LogP contribution >= 0.6 is 15.9 Å². The van der Waals surface area contributed by atoms with Crippen molar-refractivity contribution in [2.75, 3.05) is 32.7 Å². The number of carbonyl (C=O) groups is 2. The number of nitriles is 1. The number of fused-ring (bicyclic) bond motifs is 1. The van der Waals surface area contributed by atoms with Gasteiger partial charge in [-0.3, -0.25) is 19.4 Å². The zero-order chi connectivity index (χ0) is 21.0. The molecular weight excluding hydrogens is 440 g/mol. The topological polar surface area (TPSA) is 110 Å². The van der Waals surface area contributed by atoms with E-state index in [0.717, 1.165) is 15.4 Å². The molecule has 0 aliphatic carbocycles. The number of nitrogens with zero attached hydrogens (tertiary/aromatic N) is 4. The molecule has 8 nitrogen and oxygen atoms in total. The fourth-order valence-corrected chi connectivity index (χ4v) is 4.20. The molecule has 0 unspecified atom stereocenters. The van der Waals surface area contributed by atoms with Crippen molar-refractivity contribution >= 4 is 38.8 Å². The highest BCUT2D eigenvalue weighted by atomic mass is 79.9. The van der Waals surface area contributed by atoms with Crippen molar-refractivity contribution in [3.8, 4) is 6.07 Å². The van der Waals surface area contributed by atoms with Crippen LogP contribution < -0.4 is 0 Å². The van der Waals surface area contributed by atoms with Gasteiger partial charge in [-0.25, -0.2) is 0 Å². The molecule has 1 saturated heterocycles. The predicted molar refractivity (Wildman–Crippen MR) is 111 cm³/mol. The van der Waals surface area contributed by atoms with E-state index in [2.05, 4.69) is 26.9 Å². The SMILES string of the molecule is N#CCCN1CCN([C@@H](C(=O)O)c2cn(CCC(=O)O)c3cc(Br)ccc23)CC1. The molecule has 2 aromatic rings. The first kappa shape index (κ1) is 21.3. The van der Waals surface area contributed by atoms with Crippen LogP contribution in [0, 0.1) is 11.3 Å². The zero-order valence-electron chi connectivity index (χ0n) is 15.9. The van der Waals surface area contributed by atoms with Crippen molar-refractivity contribution in [2.45, 2.75) is 25.4 Å². The molecule has 2 heterocycles. The van der Waals surface area contributed by atoms with E-state index in [9.17, 15) is 14.7 Å². The van der Waals surface area contributed by atoms with Crippen LogP contribution in [0.25, 0.3) is 10.9 Å². The van der Waals surface area contributed by atoms with Crippen molar-refractivity contribution in [3.05, 3.63) is 34.4 Å². The molecule has 9 heteroatoms. The summed E-state index contributed by atoms with van der Waals surface area (Å²) in [7, 11) is 0. The predicted octanol–water partition coefficient (Wildman–Crippen LogP) is 2.54. The van der Waals surface area contributed by atoms with Gasteiger partial charge in [0.1, 0.15) is 6.04 Å². The molecule has 0 spiro atoms. The van der Waals surface area contributed by atoms with Crippen LogP contribution in [0.1, 0.15) is 24.4 Å². The van der Waals surface area contributed by atoms with Gasteiger partial charge in [0.15, 0.2) is 0 Å². The molecule has 1 fully saturated rings. The van der Waals surface area contributed by atoms with Crippen molar-refractivity contribution < 1.29 is 19.8 Å². The van der Waals surface area contributed by atoms with Crippen LogP contribution in [0.15, 0.2) is 28.9 Å². The fraction of sp³-hybridized carbons (Fsp3) is 0.450. The van der Waals surface area contributed by atoms with Crippen LogP contribution in [0.5, 0.6) is 0 Å². The molecule has 1 aromatic carbocycles. The Morgan fingerprint density at radius 1 is 1.17 bits per heavy atom. The molecule has 0 radical (unpaired) electrons. The number of halogens is 1. The summed E-state index contributed by atoms with van der Waals surface area (Å²) in [5.41, 5.74) is 1.49. The second-order valence-corrected chi connectivity index (χ2v) is 8.03. The minimum Gasteiger partial charge on any atom is -0.481 e. The lowest BCUT2D eigenvalue weighted by molar-refractivity contribution is -0.144. The number of rotatable bonds is 8. The lowest BCUT2D eigenvalue weighted by atomic mass is 10.0. The lowest BCUT2D eigenvalue weighted by Gasteiger charge is -2.37. The van der Waals surface area contributed by atoms with Gasteiger partial charge in [-0.2, -0.15) is 5.26 Å². The van der Waals surface area contributed by atoms with E-state index in [1.54, 1.807) is 6.20 Å². The normalized spacial score (nSPS) is 16.6. The van der Waals surface area contributed by atoms with E-state index in [0.29, 0.717) is 44.7 Å². The summed E-state index contributed by atoms with van der Waals surface area (Å²) in [6.45, 7) is 3.60. The van der Waals surface area contributed by atoms with Crippen molar-refractivity contribution in [1.82, 2.24) is 14.4 Å². The van der Waals surface area contributed by atoms with E-state index < -0.39 is 18.0 Å². The maximum absolute atomic E-state index is 12.2. The van der Waals surface area contributed by atoms with Crippen molar-refractivity contribution in [2.24, 2.45) is 0 Å². The number of piperazine rings is 1. The summed E-state index contributed by atoms with van der Waals surface area (Å²) in [4.78, 5) is 27.4. The van der Waals surface area contributed by atoms with Crippen LogP contribution in [-0.4, -0.2) is 69.2 Å². The first-order valence-electron chi connectivity index (χ1n) is 9.47. The minimum absolute atomic E-state index is 0.0367. The van der Waals surface area contributed by atoms with Gasteiger partial charge in [0, 0.05) is 72.8 Å². The Kier molecular flexibility index (Phi) is 6.90. The molecule has 0 saturated carbocycles. The van der Waals surface area contributed by atoms with Crippen LogP contribution in [0.2, 0.25) is 0 Å². The Labute approximate surface area is 177 Å². The van der Waals surface area contributed by atoms with Crippen molar-refractivity contribution in [1.29, 1.82) is 5.26 Å². The lowest BCUT2D eigenvalue weighted by Crippen LogP contribution is -2.49. The fourth-order valence-electron chi connectivity index (χ4n) is 3.85. The monoisotopic (exact) mass is 462 g/mol. The Hall–Kier alpha value is -2.41. The summed E-state index contributed by atoms with van der Waals surface area (Å²) in [6.07, 6.45) is 2.21. The first-order valence-corrected chi connectivity index (χ1v) is 10.3. The van der Waals surface area contributed by atoms with Gasteiger partial charge in [-0.15, -0.1) is 0 Å². The van der Waals surface area contributed by atoms with E-state index in [1.807, 2.05) is 27.7 Å². The van der Waals surface area contributed by atoms with Crippen molar-refractivity contribution in [3.63, 3.8) is 0 Å². The Morgan fingerprint density at radius 2 is 1.90 bits per heavy atom. The second kappa shape index (κ2) is 9.39. The Balaban J connectivity index is 1.90. The third-order valence-electron chi connectivity index (χ3n) is 5.28. The highest BCUT2D eigenvalue weighted by Gasteiger charge is 2.32. The van der Waals surface area contributed by atoms with E-state index in [4.69, 9.17) is 10.4 Å². The van der Waals surface area contributed by atoms with Crippen LogP contribution in [0.4, 0.5) is 0 Å². The molecule has 154 valence electrons. The van der Waals surface area contributed by atoms with E-state index in [-0.39, 0.29) is 13.0 Å². The molecule has 1 aliphatic rings. The van der Waals surface area contributed by atoms with E-state index >= 15 is 0 Å². The van der Waals surface area contributed by atoms with Gasteiger partial charge < -0.3 is 14.8 Å². The molecule has 1 aromatic heterocycles. The van der Waals surface area contributed by atoms with Gasteiger partial charge in [0.05, 0.1) is 12.5 Å². The number of aromatic nitrogens is 1. The number of aryl methyl sites for hydroxylation is 1. The van der Waals surface area contributed by atoms with Gasteiger partial charge >= 0.3 is 11.9 Å². The minimum atomic E-state index is -0.921. The number of hydrogen-bond acceptors (Lipinski definition) is 5. The molecule has 29 heavy (non-hydrogen) atoms. The Bertz CT molecular complexity index is 944. The largest absolute Gasteiger partial charge is 0.481 e. The summed E-state index contributed by atoms with van der Waals surface area (Å²) in [5.74, 6) is -1.82. The van der Waals surface area contributed by atoms with Gasteiger partial charge in [-0.1, -0.05) is 22.0 Å².